The summed E-state index contributed by atoms with van der Waals surface area (Å²) < 4.78 is 0. The molecule has 1 aromatic heterocycles. The Morgan fingerprint density at radius 1 is 1.25 bits per heavy atom. The van der Waals surface area contributed by atoms with Crippen LogP contribution >= 0.6 is 11.6 Å². The first-order valence-corrected chi connectivity index (χ1v) is 9.37. The Balaban J connectivity index is 1.73. The number of carbonyl (C=O) groups is 3. The molecule has 0 bridgehead atoms. The van der Waals surface area contributed by atoms with Gasteiger partial charge in [0.05, 0.1) is 5.69 Å². The quantitative estimate of drug-likeness (QED) is 0.575. The van der Waals surface area contributed by atoms with Crippen LogP contribution in [0.15, 0.2) is 42.6 Å². The van der Waals surface area contributed by atoms with Gasteiger partial charge in [-0.15, -0.1) is 0 Å². The van der Waals surface area contributed by atoms with Crippen LogP contribution in [-0.2, 0) is 21.5 Å². The average molecular weight is 401 g/mol. The van der Waals surface area contributed by atoms with E-state index in [1.54, 1.807) is 19.1 Å². The van der Waals surface area contributed by atoms with Gasteiger partial charge < -0.3 is 10.6 Å². The molecule has 1 aliphatic rings. The van der Waals surface area contributed by atoms with Crippen LogP contribution in [0, 0.1) is 0 Å². The molecule has 1 fully saturated rings. The van der Waals surface area contributed by atoms with Crippen LogP contribution in [0.1, 0.15) is 31.4 Å². The van der Waals surface area contributed by atoms with Gasteiger partial charge in [0.2, 0.25) is 5.91 Å². The van der Waals surface area contributed by atoms with E-state index in [1.165, 1.54) is 6.20 Å². The fourth-order valence-corrected chi connectivity index (χ4v) is 3.31. The molecule has 0 radical (unpaired) electrons. The van der Waals surface area contributed by atoms with Crippen molar-refractivity contribution < 1.29 is 14.4 Å². The zero-order chi connectivity index (χ0) is 20.3. The number of amides is 4. The first kappa shape index (κ1) is 19.8. The molecule has 7 nitrogen and oxygen atoms in total. The highest BCUT2D eigenvalue weighted by atomic mass is 35.5. The molecule has 2 N–H and O–H groups in total. The summed E-state index contributed by atoms with van der Waals surface area (Å²) >= 11 is 5.92. The van der Waals surface area contributed by atoms with E-state index in [-0.39, 0.29) is 5.15 Å². The Kier molecular flexibility index (Phi) is 5.65. The number of aryl methyl sites for hydroxylation is 1. The lowest BCUT2D eigenvalue weighted by Gasteiger charge is -2.22. The van der Waals surface area contributed by atoms with Gasteiger partial charge in [-0.3, -0.25) is 14.5 Å². The van der Waals surface area contributed by atoms with Gasteiger partial charge in [0, 0.05) is 6.20 Å². The number of hydrogen-bond acceptors (Lipinski definition) is 4. The molecular weight excluding hydrogens is 380 g/mol. The Bertz CT molecular complexity index is 916. The van der Waals surface area contributed by atoms with Gasteiger partial charge in [-0.05, 0) is 36.6 Å². The molecule has 1 aromatic carbocycles. The molecule has 0 saturated carbocycles. The number of carbonyl (C=O) groups excluding carboxylic acids is 3. The molecule has 3 rings (SSSR count). The van der Waals surface area contributed by atoms with Crippen molar-refractivity contribution in [3.05, 3.63) is 58.9 Å². The summed E-state index contributed by atoms with van der Waals surface area (Å²) in [5, 5.41) is 5.39. The average Bonchev–Trinajstić information content (AvgIpc) is 2.88. The topological polar surface area (TPSA) is 91.4 Å². The molecule has 0 spiro atoms. The van der Waals surface area contributed by atoms with Crippen LogP contribution in [0.2, 0.25) is 5.15 Å². The molecule has 0 unspecified atom stereocenters. The zero-order valence-electron chi connectivity index (χ0n) is 15.7. The molecule has 0 aliphatic carbocycles. The van der Waals surface area contributed by atoms with Crippen molar-refractivity contribution in [1.82, 2.24) is 15.2 Å². The number of imide groups is 1. The van der Waals surface area contributed by atoms with Gasteiger partial charge in [0.1, 0.15) is 12.1 Å². The summed E-state index contributed by atoms with van der Waals surface area (Å²) in [6, 6.07) is 10.2. The summed E-state index contributed by atoms with van der Waals surface area (Å²) in [7, 11) is 0. The molecule has 146 valence electrons. The number of halogens is 1. The van der Waals surface area contributed by atoms with Crippen molar-refractivity contribution in [1.29, 1.82) is 0 Å². The van der Waals surface area contributed by atoms with E-state index in [4.69, 9.17) is 11.6 Å². The second-order valence-corrected chi connectivity index (χ2v) is 7.14. The molecule has 4 amide bonds. The van der Waals surface area contributed by atoms with E-state index in [1.807, 2.05) is 24.3 Å². The normalized spacial score (nSPS) is 18.9. The maximum atomic E-state index is 12.9. The molecule has 1 aliphatic heterocycles. The van der Waals surface area contributed by atoms with Crippen molar-refractivity contribution in [3.8, 4) is 0 Å². The largest absolute Gasteiger partial charge is 0.325 e. The summed E-state index contributed by atoms with van der Waals surface area (Å²) in [4.78, 5) is 42.4. The Labute approximate surface area is 168 Å². The maximum Gasteiger partial charge on any atom is 0.325 e. The summed E-state index contributed by atoms with van der Waals surface area (Å²) in [6.45, 7) is 3.31. The van der Waals surface area contributed by atoms with Gasteiger partial charge in [-0.2, -0.15) is 0 Å². The minimum absolute atomic E-state index is 0.130. The SMILES string of the molecule is CCCc1ccc([C@]2(C)NC(=O)N(CC(=O)Nc3cccnc3Cl)C2=O)cc1. The van der Waals surface area contributed by atoms with E-state index in [0.29, 0.717) is 11.3 Å². The number of anilines is 1. The van der Waals surface area contributed by atoms with Crippen LogP contribution in [0.25, 0.3) is 0 Å². The molecular formula is C20H21ClN4O3. The summed E-state index contributed by atoms with van der Waals surface area (Å²) in [5.41, 5.74) is 0.934. The molecule has 1 saturated heterocycles. The van der Waals surface area contributed by atoms with Crippen molar-refractivity contribution in [2.24, 2.45) is 0 Å². The number of rotatable bonds is 6. The highest BCUT2D eigenvalue weighted by Gasteiger charge is 2.49. The second-order valence-electron chi connectivity index (χ2n) is 6.78. The van der Waals surface area contributed by atoms with Gasteiger partial charge in [-0.25, -0.2) is 9.78 Å². The Morgan fingerprint density at radius 2 is 1.96 bits per heavy atom. The molecule has 1 atom stereocenters. The van der Waals surface area contributed by atoms with Gasteiger partial charge in [-0.1, -0.05) is 49.2 Å². The molecule has 8 heteroatoms. The third kappa shape index (κ3) is 3.84. The minimum atomic E-state index is -1.21. The van der Waals surface area contributed by atoms with E-state index in [2.05, 4.69) is 22.5 Å². The Hall–Kier alpha value is -2.93. The lowest BCUT2D eigenvalue weighted by molar-refractivity contribution is -0.133. The third-order valence-corrected chi connectivity index (χ3v) is 4.98. The highest BCUT2D eigenvalue weighted by Crippen LogP contribution is 2.29. The van der Waals surface area contributed by atoms with E-state index >= 15 is 0 Å². The second kappa shape index (κ2) is 7.98. The molecule has 2 aromatic rings. The van der Waals surface area contributed by atoms with E-state index in [9.17, 15) is 14.4 Å². The predicted octanol–water partition coefficient (Wildman–Crippen LogP) is 3.09. The van der Waals surface area contributed by atoms with Crippen molar-refractivity contribution in [3.63, 3.8) is 0 Å². The number of benzene rings is 1. The zero-order valence-corrected chi connectivity index (χ0v) is 16.4. The number of nitrogens with zero attached hydrogens (tertiary/aromatic N) is 2. The van der Waals surface area contributed by atoms with Crippen LogP contribution in [0.3, 0.4) is 0 Å². The highest BCUT2D eigenvalue weighted by molar-refractivity contribution is 6.32. The first-order valence-electron chi connectivity index (χ1n) is 8.99. The predicted molar refractivity (Wildman–Crippen MR) is 106 cm³/mol. The fourth-order valence-electron chi connectivity index (χ4n) is 3.14. The number of nitrogens with one attached hydrogen (secondary N) is 2. The van der Waals surface area contributed by atoms with Gasteiger partial charge in [0.25, 0.3) is 5.91 Å². The van der Waals surface area contributed by atoms with Crippen LogP contribution < -0.4 is 10.6 Å². The maximum absolute atomic E-state index is 12.9. The monoisotopic (exact) mass is 400 g/mol. The standard InChI is InChI=1S/C20H21ClN4O3/c1-3-5-13-7-9-14(10-8-13)20(2)18(27)25(19(28)24-20)12-16(26)23-15-6-4-11-22-17(15)21/h4,6-11H,3,5,12H2,1-2H3,(H,23,26)(H,24,28)/t20-/m0/s1. The number of hydrogen-bond donors (Lipinski definition) is 2. The Morgan fingerprint density at radius 3 is 2.61 bits per heavy atom. The minimum Gasteiger partial charge on any atom is -0.322 e. The lowest BCUT2D eigenvalue weighted by Crippen LogP contribution is -2.42. The third-order valence-electron chi connectivity index (χ3n) is 4.68. The fraction of sp³-hybridized carbons (Fsp3) is 0.300. The smallest absolute Gasteiger partial charge is 0.322 e. The summed E-state index contributed by atoms with van der Waals surface area (Å²) in [6.07, 6.45) is 3.46. The van der Waals surface area contributed by atoms with Gasteiger partial charge in [0.15, 0.2) is 5.15 Å². The molecule has 2 heterocycles. The van der Waals surface area contributed by atoms with Gasteiger partial charge >= 0.3 is 6.03 Å². The van der Waals surface area contributed by atoms with Crippen LogP contribution in [0.5, 0.6) is 0 Å². The van der Waals surface area contributed by atoms with Crippen molar-refractivity contribution in [2.45, 2.75) is 32.2 Å². The summed E-state index contributed by atoms with van der Waals surface area (Å²) in [5.74, 6) is -1.02. The van der Waals surface area contributed by atoms with Crippen LogP contribution in [-0.4, -0.2) is 34.3 Å². The first-order chi connectivity index (χ1) is 13.3. The number of pyridine rings is 1. The van der Waals surface area contributed by atoms with E-state index < -0.39 is 29.9 Å². The molecule has 28 heavy (non-hydrogen) atoms. The van der Waals surface area contributed by atoms with Crippen molar-refractivity contribution in [2.75, 3.05) is 11.9 Å². The lowest BCUT2D eigenvalue weighted by atomic mass is 9.91. The number of urea groups is 1. The van der Waals surface area contributed by atoms with Crippen molar-refractivity contribution >= 4 is 35.1 Å². The van der Waals surface area contributed by atoms with E-state index in [0.717, 1.165) is 23.3 Å². The number of aromatic nitrogens is 1. The van der Waals surface area contributed by atoms with Crippen LogP contribution in [0.4, 0.5) is 10.5 Å².